The third-order valence-electron chi connectivity index (χ3n) is 4.41. The normalized spacial score (nSPS) is 16.7. The molecule has 1 atom stereocenters. The smallest absolute Gasteiger partial charge is 0.230 e. The quantitative estimate of drug-likeness (QED) is 0.734. The molecule has 24 heavy (non-hydrogen) atoms. The van der Waals surface area contributed by atoms with Crippen molar-refractivity contribution in [3.05, 3.63) is 42.3 Å². The molecule has 0 radical (unpaired) electrons. The maximum atomic E-state index is 5.53. The van der Waals surface area contributed by atoms with Gasteiger partial charge in [-0.15, -0.1) is 0 Å². The van der Waals surface area contributed by atoms with Crippen molar-refractivity contribution in [2.45, 2.75) is 25.3 Å². The molecule has 4 rings (SSSR count). The van der Waals surface area contributed by atoms with Crippen LogP contribution < -0.4 is 9.47 Å². The summed E-state index contributed by atoms with van der Waals surface area (Å²) in [5.41, 5.74) is 1.99. The largest absolute Gasteiger partial charge is 0.497 e. The molecular formula is C17H18N4O3. The summed E-state index contributed by atoms with van der Waals surface area (Å²) in [5, 5.41) is 4.14. The molecule has 0 saturated carbocycles. The van der Waals surface area contributed by atoms with Gasteiger partial charge in [0.15, 0.2) is 0 Å². The molecule has 0 fully saturated rings. The average Bonchev–Trinajstić information content (AvgIpc) is 3.29. The summed E-state index contributed by atoms with van der Waals surface area (Å²) < 4.78 is 18.3. The third-order valence-corrected chi connectivity index (χ3v) is 4.41. The lowest BCUT2D eigenvalue weighted by molar-refractivity contribution is 0.325. The van der Waals surface area contributed by atoms with E-state index in [1.165, 1.54) is 5.69 Å². The van der Waals surface area contributed by atoms with Crippen LogP contribution in [-0.4, -0.2) is 33.9 Å². The summed E-state index contributed by atoms with van der Waals surface area (Å²) in [6, 6.07) is 5.54. The Morgan fingerprint density at radius 3 is 3.00 bits per heavy atom. The van der Waals surface area contributed by atoms with E-state index in [4.69, 9.17) is 14.0 Å². The van der Waals surface area contributed by atoms with Gasteiger partial charge in [-0.05, 0) is 18.6 Å². The first kappa shape index (κ1) is 14.7. The fourth-order valence-electron chi connectivity index (χ4n) is 3.07. The number of aromatic nitrogens is 4. The second-order valence-electron chi connectivity index (χ2n) is 5.79. The van der Waals surface area contributed by atoms with E-state index in [1.54, 1.807) is 14.2 Å². The van der Waals surface area contributed by atoms with Crippen LogP contribution in [0.5, 0.6) is 11.5 Å². The van der Waals surface area contributed by atoms with E-state index in [9.17, 15) is 0 Å². The topological polar surface area (TPSA) is 75.2 Å². The SMILES string of the molecule is COc1ccc(-c2noc([C@@H]3CCn4cncc4C3)n2)c(OC)c1. The average molecular weight is 326 g/mol. The summed E-state index contributed by atoms with van der Waals surface area (Å²) in [7, 11) is 3.23. The second kappa shape index (κ2) is 5.99. The van der Waals surface area contributed by atoms with E-state index in [1.807, 2.05) is 30.7 Å². The highest BCUT2D eigenvalue weighted by molar-refractivity contribution is 5.65. The van der Waals surface area contributed by atoms with Crippen LogP contribution in [-0.2, 0) is 13.0 Å². The van der Waals surface area contributed by atoms with Crippen molar-refractivity contribution in [3.63, 3.8) is 0 Å². The van der Waals surface area contributed by atoms with E-state index >= 15 is 0 Å². The molecule has 1 aliphatic heterocycles. The number of hydrogen-bond acceptors (Lipinski definition) is 6. The standard InChI is InChI=1S/C17H18N4O3/c1-22-13-3-4-14(15(8-13)23-2)16-19-17(24-20-16)11-5-6-21-10-18-9-12(21)7-11/h3-4,8-11H,5-7H2,1-2H3/t11-/m1/s1. The maximum absolute atomic E-state index is 5.53. The minimum Gasteiger partial charge on any atom is -0.497 e. The number of fused-ring (bicyclic) bond motifs is 1. The van der Waals surface area contributed by atoms with Crippen molar-refractivity contribution in [2.24, 2.45) is 0 Å². The molecule has 0 amide bonds. The van der Waals surface area contributed by atoms with Gasteiger partial charge in [0.2, 0.25) is 11.7 Å². The Balaban J connectivity index is 1.62. The Morgan fingerprint density at radius 2 is 2.17 bits per heavy atom. The van der Waals surface area contributed by atoms with Gasteiger partial charge in [0.25, 0.3) is 0 Å². The van der Waals surface area contributed by atoms with Crippen molar-refractivity contribution in [3.8, 4) is 22.9 Å². The van der Waals surface area contributed by atoms with Crippen molar-refractivity contribution >= 4 is 0 Å². The Labute approximate surface area is 139 Å². The zero-order valence-corrected chi connectivity index (χ0v) is 13.6. The summed E-state index contributed by atoms with van der Waals surface area (Å²) in [5.74, 6) is 2.79. The van der Waals surface area contributed by atoms with Crippen molar-refractivity contribution in [1.29, 1.82) is 0 Å². The third kappa shape index (κ3) is 2.51. The lowest BCUT2D eigenvalue weighted by atomic mass is 9.96. The minimum absolute atomic E-state index is 0.222. The van der Waals surface area contributed by atoms with Gasteiger partial charge < -0.3 is 18.6 Å². The molecule has 0 N–H and O–H groups in total. The summed E-state index contributed by atoms with van der Waals surface area (Å²) >= 11 is 0. The number of benzene rings is 1. The van der Waals surface area contributed by atoms with Crippen LogP contribution >= 0.6 is 0 Å². The van der Waals surface area contributed by atoms with Crippen molar-refractivity contribution in [2.75, 3.05) is 14.2 Å². The van der Waals surface area contributed by atoms with Crippen LogP contribution in [0.15, 0.2) is 35.2 Å². The molecule has 0 spiro atoms. The molecule has 2 aromatic heterocycles. The zero-order valence-electron chi connectivity index (χ0n) is 13.6. The van der Waals surface area contributed by atoms with Crippen LogP contribution in [0.4, 0.5) is 0 Å². The van der Waals surface area contributed by atoms with Crippen molar-refractivity contribution in [1.82, 2.24) is 19.7 Å². The van der Waals surface area contributed by atoms with Gasteiger partial charge >= 0.3 is 0 Å². The predicted octanol–water partition coefficient (Wildman–Crippen LogP) is 2.68. The Morgan fingerprint density at radius 1 is 1.25 bits per heavy atom. The molecule has 0 bridgehead atoms. The highest BCUT2D eigenvalue weighted by atomic mass is 16.5. The highest BCUT2D eigenvalue weighted by Crippen LogP contribution is 2.34. The van der Waals surface area contributed by atoms with Gasteiger partial charge in [-0.25, -0.2) is 4.98 Å². The lowest BCUT2D eigenvalue weighted by Crippen LogP contribution is -2.17. The predicted molar refractivity (Wildman–Crippen MR) is 86.1 cm³/mol. The zero-order chi connectivity index (χ0) is 16.5. The number of nitrogens with zero attached hydrogens (tertiary/aromatic N) is 4. The monoisotopic (exact) mass is 326 g/mol. The minimum atomic E-state index is 0.222. The van der Waals surface area contributed by atoms with Gasteiger partial charge in [0.1, 0.15) is 11.5 Å². The summed E-state index contributed by atoms with van der Waals surface area (Å²) in [6.07, 6.45) is 5.59. The first-order chi connectivity index (χ1) is 11.8. The Hall–Kier alpha value is -2.83. The van der Waals surface area contributed by atoms with Gasteiger partial charge in [-0.2, -0.15) is 4.98 Å². The van der Waals surface area contributed by atoms with E-state index in [0.717, 1.165) is 30.7 Å². The molecule has 124 valence electrons. The first-order valence-electron chi connectivity index (χ1n) is 7.83. The van der Waals surface area contributed by atoms with Gasteiger partial charge in [0.05, 0.1) is 26.1 Å². The number of hydrogen-bond donors (Lipinski definition) is 0. The molecule has 7 heteroatoms. The number of ether oxygens (including phenoxy) is 2. The molecule has 1 aliphatic rings. The summed E-state index contributed by atoms with van der Waals surface area (Å²) in [4.78, 5) is 8.79. The molecular weight excluding hydrogens is 308 g/mol. The van der Waals surface area contributed by atoms with E-state index < -0.39 is 0 Å². The summed E-state index contributed by atoms with van der Waals surface area (Å²) in [6.45, 7) is 0.920. The van der Waals surface area contributed by atoms with Crippen molar-refractivity contribution < 1.29 is 14.0 Å². The van der Waals surface area contributed by atoms with Crippen LogP contribution in [0.1, 0.15) is 23.9 Å². The van der Waals surface area contributed by atoms with Gasteiger partial charge in [-0.3, -0.25) is 0 Å². The molecule has 0 aliphatic carbocycles. The number of rotatable bonds is 4. The van der Waals surface area contributed by atoms with E-state index in [2.05, 4.69) is 19.7 Å². The number of methoxy groups -OCH3 is 2. The van der Waals surface area contributed by atoms with Crippen LogP contribution in [0.3, 0.4) is 0 Å². The maximum Gasteiger partial charge on any atom is 0.230 e. The fourth-order valence-corrected chi connectivity index (χ4v) is 3.07. The van der Waals surface area contributed by atoms with Crippen LogP contribution in [0.25, 0.3) is 11.4 Å². The molecule has 1 aromatic carbocycles. The van der Waals surface area contributed by atoms with E-state index in [0.29, 0.717) is 17.5 Å². The first-order valence-corrected chi connectivity index (χ1v) is 7.83. The Kier molecular flexibility index (Phi) is 3.68. The number of aryl methyl sites for hydroxylation is 1. The lowest BCUT2D eigenvalue weighted by Gasteiger charge is -2.20. The van der Waals surface area contributed by atoms with Crippen LogP contribution in [0, 0.1) is 0 Å². The van der Waals surface area contributed by atoms with Gasteiger partial charge in [0, 0.05) is 36.8 Å². The highest BCUT2D eigenvalue weighted by Gasteiger charge is 2.26. The van der Waals surface area contributed by atoms with E-state index in [-0.39, 0.29) is 5.92 Å². The Bertz CT molecular complexity index is 855. The molecule has 3 heterocycles. The van der Waals surface area contributed by atoms with Crippen LogP contribution in [0.2, 0.25) is 0 Å². The molecule has 3 aromatic rings. The molecule has 0 unspecified atom stereocenters. The molecule has 0 saturated heterocycles. The second-order valence-corrected chi connectivity index (χ2v) is 5.79. The van der Waals surface area contributed by atoms with Gasteiger partial charge in [-0.1, -0.05) is 5.16 Å². The molecule has 7 nitrogen and oxygen atoms in total. The number of imidazole rings is 1. The fraction of sp³-hybridized carbons (Fsp3) is 0.353.